The van der Waals surface area contributed by atoms with E-state index in [2.05, 4.69) is 21.0 Å². The molecule has 5 nitrogen and oxygen atoms in total. The molecule has 0 aliphatic carbocycles. The van der Waals surface area contributed by atoms with Crippen LogP contribution in [0.15, 0.2) is 30.3 Å². The quantitative estimate of drug-likeness (QED) is 0.850. The van der Waals surface area contributed by atoms with Gasteiger partial charge in [0.1, 0.15) is 11.9 Å². The van der Waals surface area contributed by atoms with Crippen LogP contribution in [0.4, 0.5) is 10.1 Å². The van der Waals surface area contributed by atoms with Crippen molar-refractivity contribution in [2.24, 2.45) is 0 Å². The number of hydrogen-bond acceptors (Lipinski definition) is 4. The van der Waals surface area contributed by atoms with Crippen molar-refractivity contribution in [3.63, 3.8) is 0 Å². The summed E-state index contributed by atoms with van der Waals surface area (Å²) in [7, 11) is 0. The van der Waals surface area contributed by atoms with Crippen LogP contribution in [0, 0.1) is 17.1 Å². The number of halogens is 1. The molecule has 0 bridgehead atoms. The Kier molecular flexibility index (Phi) is 3.95. The molecule has 2 aliphatic heterocycles. The molecule has 0 amide bonds. The zero-order chi connectivity index (χ0) is 16.5. The van der Waals surface area contributed by atoms with Crippen molar-refractivity contribution < 1.29 is 4.39 Å². The molecule has 4 rings (SSSR count). The van der Waals surface area contributed by atoms with Crippen molar-refractivity contribution in [1.29, 1.82) is 5.26 Å². The van der Waals surface area contributed by atoms with Crippen LogP contribution in [0.5, 0.6) is 0 Å². The third kappa shape index (κ3) is 2.87. The summed E-state index contributed by atoms with van der Waals surface area (Å²) in [5, 5.41) is 13.4. The Balaban J connectivity index is 1.46. The van der Waals surface area contributed by atoms with Gasteiger partial charge in [-0.25, -0.2) is 4.39 Å². The van der Waals surface area contributed by atoms with Crippen molar-refractivity contribution in [3.8, 4) is 6.07 Å². The molecule has 124 valence electrons. The van der Waals surface area contributed by atoms with Crippen LogP contribution in [-0.2, 0) is 13.1 Å². The van der Waals surface area contributed by atoms with E-state index in [1.165, 1.54) is 12.1 Å². The maximum atomic E-state index is 13.1. The summed E-state index contributed by atoms with van der Waals surface area (Å²) >= 11 is 0. The predicted molar refractivity (Wildman–Crippen MR) is 89.0 cm³/mol. The van der Waals surface area contributed by atoms with Crippen LogP contribution >= 0.6 is 0 Å². The first-order valence-corrected chi connectivity index (χ1v) is 8.44. The van der Waals surface area contributed by atoms with Gasteiger partial charge in [-0.3, -0.25) is 9.58 Å². The lowest BCUT2D eigenvalue weighted by atomic mass is 10.2. The fourth-order valence-electron chi connectivity index (χ4n) is 3.78. The average Bonchev–Trinajstić information content (AvgIpc) is 3.18. The molecule has 24 heavy (non-hydrogen) atoms. The summed E-state index contributed by atoms with van der Waals surface area (Å²) in [5.41, 5.74) is 2.72. The first kappa shape index (κ1) is 15.2. The molecule has 0 unspecified atom stereocenters. The van der Waals surface area contributed by atoms with Crippen molar-refractivity contribution in [1.82, 2.24) is 14.7 Å². The van der Waals surface area contributed by atoms with Crippen molar-refractivity contribution in [2.45, 2.75) is 32.0 Å². The van der Waals surface area contributed by atoms with Crippen LogP contribution in [0.3, 0.4) is 0 Å². The first-order valence-electron chi connectivity index (χ1n) is 8.44. The normalized spacial score (nSPS) is 21.3. The lowest BCUT2D eigenvalue weighted by molar-refractivity contribution is 0.204. The molecule has 6 heteroatoms. The molecule has 0 N–H and O–H groups in total. The average molecular weight is 325 g/mol. The second kappa shape index (κ2) is 6.25. The number of nitriles is 1. The van der Waals surface area contributed by atoms with Gasteiger partial charge in [-0.05, 0) is 43.2 Å². The summed E-state index contributed by atoms with van der Waals surface area (Å²) in [6.07, 6.45) is 2.16. The summed E-state index contributed by atoms with van der Waals surface area (Å²) in [6.45, 7) is 4.73. The number of nitrogens with zero attached hydrogens (tertiary/aromatic N) is 5. The number of aromatic nitrogens is 2. The van der Waals surface area contributed by atoms with Crippen LogP contribution in [-0.4, -0.2) is 40.4 Å². The molecule has 1 saturated heterocycles. The Labute approximate surface area is 140 Å². The van der Waals surface area contributed by atoms with Gasteiger partial charge >= 0.3 is 0 Å². The van der Waals surface area contributed by atoms with E-state index in [-0.39, 0.29) is 5.82 Å². The van der Waals surface area contributed by atoms with Crippen molar-refractivity contribution >= 4 is 5.69 Å². The smallest absolute Gasteiger partial charge is 0.162 e. The molecule has 2 aliphatic rings. The second-order valence-corrected chi connectivity index (χ2v) is 6.54. The van der Waals surface area contributed by atoms with Crippen LogP contribution in [0.1, 0.15) is 24.2 Å². The van der Waals surface area contributed by atoms with Gasteiger partial charge in [-0.2, -0.15) is 10.4 Å². The molecular weight excluding hydrogens is 305 g/mol. The molecule has 3 heterocycles. The topological polar surface area (TPSA) is 48.1 Å². The molecule has 0 spiro atoms. The fraction of sp³-hybridized carbons (Fsp3) is 0.444. The first-order chi connectivity index (χ1) is 11.7. The van der Waals surface area contributed by atoms with E-state index in [1.807, 2.05) is 22.9 Å². The minimum Gasteiger partial charge on any atom is -0.370 e. The van der Waals surface area contributed by atoms with Crippen molar-refractivity contribution in [2.75, 3.05) is 24.5 Å². The zero-order valence-electron chi connectivity index (χ0n) is 13.5. The number of benzene rings is 1. The van der Waals surface area contributed by atoms with E-state index in [1.54, 1.807) is 0 Å². The van der Waals surface area contributed by atoms with E-state index < -0.39 is 0 Å². The lowest BCUT2D eigenvalue weighted by Gasteiger charge is -2.27. The largest absolute Gasteiger partial charge is 0.370 e. The highest BCUT2D eigenvalue weighted by Gasteiger charge is 2.29. The maximum absolute atomic E-state index is 13.1. The molecule has 1 fully saturated rings. The number of anilines is 1. The van der Waals surface area contributed by atoms with Crippen LogP contribution in [0.2, 0.25) is 0 Å². The fourth-order valence-corrected chi connectivity index (χ4v) is 3.78. The number of rotatable bonds is 2. The molecule has 0 saturated carbocycles. The minimum absolute atomic E-state index is 0.191. The highest BCUT2D eigenvalue weighted by atomic mass is 19.1. The summed E-state index contributed by atoms with van der Waals surface area (Å²) in [6, 6.07) is 11.3. The van der Waals surface area contributed by atoms with Crippen LogP contribution in [0.25, 0.3) is 0 Å². The molecule has 1 atom stereocenters. The minimum atomic E-state index is -0.191. The number of aryl methyl sites for hydroxylation is 1. The van der Waals surface area contributed by atoms with E-state index in [4.69, 9.17) is 5.26 Å². The lowest BCUT2D eigenvalue weighted by Crippen LogP contribution is -2.37. The van der Waals surface area contributed by atoms with Gasteiger partial charge < -0.3 is 4.90 Å². The van der Waals surface area contributed by atoms with Gasteiger partial charge in [0.2, 0.25) is 0 Å². The summed E-state index contributed by atoms with van der Waals surface area (Å²) in [4.78, 5) is 4.83. The third-order valence-electron chi connectivity index (χ3n) is 5.03. The van der Waals surface area contributed by atoms with E-state index in [9.17, 15) is 4.39 Å². The number of hydrogen-bond donors (Lipinski definition) is 0. The highest BCUT2D eigenvalue weighted by Crippen LogP contribution is 2.25. The Morgan fingerprint density at radius 2 is 2.00 bits per heavy atom. The van der Waals surface area contributed by atoms with Crippen molar-refractivity contribution in [3.05, 3.63) is 47.5 Å². The molecular formula is C18H20FN5. The standard InChI is InChI=1S/C18H20FN5/c19-14-2-4-16(5-3-14)23-9-6-17(12-23)22-7-1-8-24-18(13-22)10-15(11-20)21-24/h2-5,10,17H,1,6-9,12-13H2/t17-/m1/s1. The van der Waals surface area contributed by atoms with Gasteiger partial charge in [0.25, 0.3) is 0 Å². The second-order valence-electron chi connectivity index (χ2n) is 6.54. The monoisotopic (exact) mass is 325 g/mol. The van der Waals surface area contributed by atoms with E-state index in [0.29, 0.717) is 11.7 Å². The molecule has 1 aromatic carbocycles. The van der Waals surface area contributed by atoms with Gasteiger partial charge in [0.05, 0.1) is 5.69 Å². The third-order valence-corrected chi connectivity index (χ3v) is 5.03. The van der Waals surface area contributed by atoms with Gasteiger partial charge in [-0.1, -0.05) is 0 Å². The summed E-state index contributed by atoms with van der Waals surface area (Å²) < 4.78 is 15.1. The predicted octanol–water partition coefficient (Wildman–Crippen LogP) is 2.38. The Bertz CT molecular complexity index is 761. The van der Waals surface area contributed by atoms with E-state index >= 15 is 0 Å². The molecule has 0 radical (unpaired) electrons. The van der Waals surface area contributed by atoms with Crippen LogP contribution < -0.4 is 4.90 Å². The maximum Gasteiger partial charge on any atom is 0.162 e. The van der Waals surface area contributed by atoms with E-state index in [0.717, 1.165) is 56.9 Å². The zero-order valence-corrected chi connectivity index (χ0v) is 13.5. The summed E-state index contributed by atoms with van der Waals surface area (Å²) in [5.74, 6) is -0.191. The van der Waals surface area contributed by atoms with Gasteiger partial charge in [0.15, 0.2) is 5.69 Å². The number of fused-ring (bicyclic) bond motifs is 1. The molecule has 2 aromatic rings. The van der Waals surface area contributed by atoms with Gasteiger partial charge in [-0.15, -0.1) is 0 Å². The molecule has 1 aromatic heterocycles. The Morgan fingerprint density at radius 1 is 1.17 bits per heavy atom. The highest BCUT2D eigenvalue weighted by molar-refractivity contribution is 5.47. The van der Waals surface area contributed by atoms with Gasteiger partial charge in [0, 0.05) is 44.5 Å². The Morgan fingerprint density at radius 3 is 2.79 bits per heavy atom. The Hall–Kier alpha value is -2.39. The SMILES string of the molecule is N#Cc1cc2n(n1)CCCN([C@@H]1CCN(c3ccc(F)cc3)C1)C2.